The van der Waals surface area contributed by atoms with Crippen molar-refractivity contribution in [2.24, 2.45) is 0 Å². The van der Waals surface area contributed by atoms with Crippen molar-refractivity contribution < 1.29 is 4.74 Å². The molecule has 1 nitrogen and oxygen atoms in total. The Morgan fingerprint density at radius 1 is 0.952 bits per heavy atom. The Balaban J connectivity index is 1.81. The Kier molecular flexibility index (Phi) is 4.64. The first-order valence-electron chi connectivity index (χ1n) is 7.53. The van der Waals surface area contributed by atoms with Crippen molar-refractivity contribution in [3.63, 3.8) is 0 Å². The largest absolute Gasteiger partial charge is 0.496 e. The molecule has 0 spiro atoms. The quantitative estimate of drug-likeness (QED) is 0.665. The second kappa shape index (κ2) is 6.65. The maximum atomic E-state index is 5.28. The minimum atomic E-state index is 0.742. The lowest BCUT2D eigenvalue weighted by molar-refractivity contribution is 0.412. The molecule has 0 N–H and O–H groups in total. The summed E-state index contributed by atoms with van der Waals surface area (Å²) in [6, 6.07) is 15.3. The van der Waals surface area contributed by atoms with Gasteiger partial charge in [0.1, 0.15) is 5.75 Å². The topological polar surface area (TPSA) is 9.23 Å². The molecule has 2 heteroatoms. The molecule has 0 bridgehead atoms. The normalized spacial score (nSPS) is 15.9. The van der Waals surface area contributed by atoms with Crippen molar-refractivity contribution in [3.8, 4) is 16.9 Å². The first-order valence-corrected chi connectivity index (χ1v) is 8.33. The second-order valence-corrected chi connectivity index (χ2v) is 6.47. The molecule has 2 aromatic carbocycles. The summed E-state index contributed by atoms with van der Waals surface area (Å²) >= 11 is 3.55. The minimum absolute atomic E-state index is 0.742. The highest BCUT2D eigenvalue weighted by Crippen LogP contribution is 2.34. The summed E-state index contributed by atoms with van der Waals surface area (Å²) in [5.74, 6) is 1.61. The standard InChI is InChI=1S/C19H20BrO/c1-21-19-12-11-17(13-18(19)20)16-9-7-15(8-10-16)14-5-3-2-4-6-14/h2,7-14H,3-6H2,1H3. The lowest BCUT2D eigenvalue weighted by atomic mass is 9.84. The van der Waals surface area contributed by atoms with Gasteiger partial charge in [-0.2, -0.15) is 0 Å². The zero-order chi connectivity index (χ0) is 14.7. The average Bonchev–Trinajstić information content (AvgIpc) is 2.56. The molecule has 1 aliphatic rings. The summed E-state index contributed by atoms with van der Waals surface area (Å²) in [5, 5.41) is 0. The molecule has 2 aromatic rings. The molecule has 1 fully saturated rings. The fraction of sp³-hybridized carbons (Fsp3) is 0.316. The van der Waals surface area contributed by atoms with Gasteiger partial charge in [-0.3, -0.25) is 0 Å². The van der Waals surface area contributed by atoms with E-state index in [2.05, 4.69) is 58.7 Å². The first-order chi connectivity index (χ1) is 10.3. The molecule has 0 saturated heterocycles. The lowest BCUT2D eigenvalue weighted by Crippen LogP contribution is -2.04. The number of rotatable bonds is 3. The summed E-state index contributed by atoms with van der Waals surface area (Å²) in [5.41, 5.74) is 3.95. The summed E-state index contributed by atoms with van der Waals surface area (Å²) < 4.78 is 6.28. The third-order valence-electron chi connectivity index (χ3n) is 4.31. The maximum absolute atomic E-state index is 5.28. The van der Waals surface area contributed by atoms with E-state index in [0.717, 1.165) is 16.1 Å². The van der Waals surface area contributed by atoms with Crippen molar-refractivity contribution in [3.05, 3.63) is 58.9 Å². The van der Waals surface area contributed by atoms with Gasteiger partial charge in [0, 0.05) is 0 Å². The zero-order valence-corrected chi connectivity index (χ0v) is 13.9. The molecular formula is C19H20BrO. The minimum Gasteiger partial charge on any atom is -0.496 e. The van der Waals surface area contributed by atoms with Gasteiger partial charge in [0.05, 0.1) is 11.6 Å². The van der Waals surface area contributed by atoms with Gasteiger partial charge in [-0.05, 0) is 82.8 Å². The van der Waals surface area contributed by atoms with Crippen LogP contribution in [0.4, 0.5) is 0 Å². The highest BCUT2D eigenvalue weighted by atomic mass is 79.9. The molecule has 3 rings (SSSR count). The predicted octanol–water partition coefficient (Wildman–Crippen LogP) is 5.99. The van der Waals surface area contributed by atoms with E-state index in [1.54, 1.807) is 7.11 Å². The SMILES string of the molecule is COc1ccc(-c2ccc(C3CC[CH]CC3)cc2)cc1Br. The smallest absolute Gasteiger partial charge is 0.133 e. The lowest BCUT2D eigenvalue weighted by Gasteiger charge is -2.22. The molecule has 0 heterocycles. The molecule has 0 aromatic heterocycles. The van der Waals surface area contributed by atoms with E-state index in [1.807, 2.05) is 6.07 Å². The highest BCUT2D eigenvalue weighted by molar-refractivity contribution is 9.10. The van der Waals surface area contributed by atoms with Crippen LogP contribution < -0.4 is 4.74 Å². The Labute approximate surface area is 135 Å². The maximum Gasteiger partial charge on any atom is 0.133 e. The van der Waals surface area contributed by atoms with Crippen LogP contribution in [0.5, 0.6) is 5.75 Å². The van der Waals surface area contributed by atoms with Crippen LogP contribution in [0.1, 0.15) is 37.2 Å². The number of benzene rings is 2. The summed E-state index contributed by atoms with van der Waals surface area (Å²) in [7, 11) is 1.69. The molecular weight excluding hydrogens is 324 g/mol. The molecule has 0 aliphatic heterocycles. The fourth-order valence-corrected chi connectivity index (χ4v) is 3.59. The van der Waals surface area contributed by atoms with E-state index in [4.69, 9.17) is 4.74 Å². The Morgan fingerprint density at radius 2 is 1.62 bits per heavy atom. The van der Waals surface area contributed by atoms with Gasteiger partial charge in [-0.15, -0.1) is 0 Å². The van der Waals surface area contributed by atoms with Crippen LogP contribution >= 0.6 is 15.9 Å². The Morgan fingerprint density at radius 3 is 2.24 bits per heavy atom. The molecule has 1 radical (unpaired) electrons. The number of hydrogen-bond donors (Lipinski definition) is 0. The van der Waals surface area contributed by atoms with Crippen LogP contribution in [0.3, 0.4) is 0 Å². The predicted molar refractivity (Wildman–Crippen MR) is 91.6 cm³/mol. The molecule has 109 valence electrons. The number of halogens is 1. The molecule has 0 unspecified atom stereocenters. The molecule has 0 atom stereocenters. The van der Waals surface area contributed by atoms with Gasteiger partial charge in [0.25, 0.3) is 0 Å². The van der Waals surface area contributed by atoms with Crippen molar-refractivity contribution >= 4 is 15.9 Å². The van der Waals surface area contributed by atoms with Crippen molar-refractivity contribution in [1.82, 2.24) is 0 Å². The number of methoxy groups -OCH3 is 1. The van der Waals surface area contributed by atoms with Gasteiger partial charge in [-0.25, -0.2) is 0 Å². The monoisotopic (exact) mass is 343 g/mol. The number of ether oxygens (including phenoxy) is 1. The molecule has 0 amide bonds. The van der Waals surface area contributed by atoms with Gasteiger partial charge < -0.3 is 4.74 Å². The van der Waals surface area contributed by atoms with Gasteiger partial charge in [-0.1, -0.05) is 30.3 Å². The molecule has 1 saturated carbocycles. The van der Waals surface area contributed by atoms with Crippen LogP contribution in [0, 0.1) is 6.42 Å². The Bertz CT molecular complexity index is 597. The van der Waals surface area contributed by atoms with E-state index in [9.17, 15) is 0 Å². The Hall–Kier alpha value is -1.28. The average molecular weight is 344 g/mol. The van der Waals surface area contributed by atoms with E-state index in [-0.39, 0.29) is 0 Å². The van der Waals surface area contributed by atoms with Crippen LogP contribution in [-0.4, -0.2) is 7.11 Å². The summed E-state index contributed by atoms with van der Waals surface area (Å²) in [6.07, 6.45) is 7.54. The van der Waals surface area contributed by atoms with E-state index >= 15 is 0 Å². The van der Waals surface area contributed by atoms with Gasteiger partial charge in [0.2, 0.25) is 0 Å². The van der Waals surface area contributed by atoms with Crippen LogP contribution in [0.15, 0.2) is 46.9 Å². The molecule has 1 aliphatic carbocycles. The second-order valence-electron chi connectivity index (χ2n) is 5.61. The fourth-order valence-electron chi connectivity index (χ4n) is 3.05. The summed E-state index contributed by atoms with van der Waals surface area (Å²) in [4.78, 5) is 0. The van der Waals surface area contributed by atoms with E-state index in [1.165, 1.54) is 42.4 Å². The zero-order valence-electron chi connectivity index (χ0n) is 12.3. The van der Waals surface area contributed by atoms with E-state index < -0.39 is 0 Å². The molecule has 21 heavy (non-hydrogen) atoms. The van der Waals surface area contributed by atoms with Gasteiger partial charge in [0.15, 0.2) is 0 Å². The third kappa shape index (κ3) is 3.32. The van der Waals surface area contributed by atoms with Gasteiger partial charge >= 0.3 is 0 Å². The van der Waals surface area contributed by atoms with Crippen molar-refractivity contribution in [2.75, 3.05) is 7.11 Å². The first kappa shape index (κ1) is 14.6. The van der Waals surface area contributed by atoms with E-state index in [0.29, 0.717) is 0 Å². The highest BCUT2D eigenvalue weighted by Gasteiger charge is 2.15. The third-order valence-corrected chi connectivity index (χ3v) is 4.93. The van der Waals surface area contributed by atoms with Crippen LogP contribution in [-0.2, 0) is 0 Å². The van der Waals surface area contributed by atoms with Crippen molar-refractivity contribution in [2.45, 2.75) is 31.6 Å². The van der Waals surface area contributed by atoms with Crippen molar-refractivity contribution in [1.29, 1.82) is 0 Å². The van der Waals surface area contributed by atoms with Crippen LogP contribution in [0.2, 0.25) is 0 Å². The number of hydrogen-bond acceptors (Lipinski definition) is 1. The summed E-state index contributed by atoms with van der Waals surface area (Å²) in [6.45, 7) is 0. The van der Waals surface area contributed by atoms with Crippen LogP contribution in [0.25, 0.3) is 11.1 Å².